The molecular weight excluding hydrogens is 78.8 g/mol. The lowest BCUT2D eigenvalue weighted by molar-refractivity contribution is 0.417. The highest BCUT2D eigenvalue weighted by Crippen LogP contribution is 1.51. The molecule has 0 aliphatic heterocycles. The predicted molar refractivity (Wildman–Crippen MR) is 29.5 cm³/mol. The molecule has 0 amide bonds. The van der Waals surface area contributed by atoms with E-state index in [1.807, 2.05) is 13.8 Å². The highest BCUT2D eigenvalue weighted by atomic mass is 16.4. The summed E-state index contributed by atoms with van der Waals surface area (Å²) >= 11 is 0. The molecule has 0 unspecified atom stereocenters. The lowest BCUT2D eigenvalue weighted by Gasteiger charge is -1.71. The van der Waals surface area contributed by atoms with Crippen molar-refractivity contribution in [2.75, 3.05) is 0 Å². The molecule has 0 aliphatic rings. The SMILES string of the molecule is CB(O)O.CC.[2HH]. The molecule has 0 aromatic heterocycles. The van der Waals surface area contributed by atoms with Crippen molar-refractivity contribution >= 4 is 7.12 Å². The van der Waals surface area contributed by atoms with Crippen molar-refractivity contribution in [3.63, 3.8) is 0 Å². The smallest absolute Gasteiger partial charge is 0.427 e. The molecule has 0 atom stereocenters. The van der Waals surface area contributed by atoms with Gasteiger partial charge in [-0.3, -0.25) is 0 Å². The quantitative estimate of drug-likeness (QED) is 0.424. The third kappa shape index (κ3) is 156000. The predicted octanol–water partition coefficient (Wildman–Crippen LogP) is 0.361. The lowest BCUT2D eigenvalue weighted by Crippen LogP contribution is -2.00. The molecule has 3 heteroatoms. The Hall–Kier alpha value is -0.0151. The second kappa shape index (κ2) is 8.88. The third-order valence-electron chi connectivity index (χ3n) is 0. The van der Waals surface area contributed by atoms with Crippen LogP contribution in [0.5, 0.6) is 0 Å². The van der Waals surface area contributed by atoms with E-state index in [1.54, 1.807) is 0 Å². The summed E-state index contributed by atoms with van der Waals surface area (Å²) in [6.07, 6.45) is 0. The van der Waals surface area contributed by atoms with Crippen LogP contribution in [0.4, 0.5) is 0 Å². The van der Waals surface area contributed by atoms with Gasteiger partial charge in [0.1, 0.15) is 0 Å². The van der Waals surface area contributed by atoms with Crippen LogP contribution in [0.2, 0.25) is 6.82 Å². The number of hydrogen-bond acceptors (Lipinski definition) is 2. The average Bonchev–Trinajstić information content (AvgIpc) is 1.41. The Labute approximate surface area is 40.4 Å². The zero-order valence-corrected chi connectivity index (χ0v) is 4.47. The molecule has 0 radical (unpaired) electrons. The fraction of sp³-hybridized carbons (Fsp3) is 1.00. The van der Waals surface area contributed by atoms with Crippen LogP contribution in [0, 0.1) is 0 Å². The summed E-state index contributed by atoms with van der Waals surface area (Å²) in [6.45, 7) is 5.28. The zero-order valence-electron chi connectivity index (χ0n) is 4.47. The maximum atomic E-state index is 7.61. The van der Waals surface area contributed by atoms with E-state index in [4.69, 9.17) is 10.0 Å². The van der Waals surface area contributed by atoms with Crippen LogP contribution in [0.3, 0.4) is 0 Å². The Morgan fingerprint density at radius 2 is 1.33 bits per heavy atom. The highest BCUT2D eigenvalue weighted by Gasteiger charge is 1.86. The molecule has 0 rings (SSSR count). The van der Waals surface area contributed by atoms with Gasteiger partial charge in [-0.1, -0.05) is 13.8 Å². The first-order valence-corrected chi connectivity index (χ1v) is 2.09. The van der Waals surface area contributed by atoms with Crippen molar-refractivity contribution in [2.24, 2.45) is 0 Å². The van der Waals surface area contributed by atoms with Gasteiger partial charge < -0.3 is 10.0 Å². The molecule has 0 heterocycles. The summed E-state index contributed by atoms with van der Waals surface area (Å²) in [6, 6.07) is 0. The van der Waals surface area contributed by atoms with Gasteiger partial charge in [0, 0.05) is 1.43 Å². The van der Waals surface area contributed by atoms with Crippen molar-refractivity contribution in [1.29, 1.82) is 0 Å². The van der Waals surface area contributed by atoms with E-state index >= 15 is 0 Å². The molecule has 6 heavy (non-hydrogen) atoms. The molecule has 0 fully saturated rings. The Balaban J connectivity index is -0.0000000480. The van der Waals surface area contributed by atoms with Gasteiger partial charge in [-0.15, -0.1) is 0 Å². The van der Waals surface area contributed by atoms with E-state index in [1.165, 1.54) is 6.82 Å². The fourth-order valence-corrected chi connectivity index (χ4v) is 0. The minimum atomic E-state index is -1.17. The maximum absolute atomic E-state index is 7.61. The second-order valence-corrected chi connectivity index (χ2v) is 0.632. The topological polar surface area (TPSA) is 40.5 Å². The lowest BCUT2D eigenvalue weighted by atomic mass is 9.99. The summed E-state index contributed by atoms with van der Waals surface area (Å²) in [7, 11) is -1.17. The fourth-order valence-electron chi connectivity index (χ4n) is 0. The Bertz CT molecular complexity index is 17.7. The van der Waals surface area contributed by atoms with Gasteiger partial charge in [0.15, 0.2) is 0 Å². The maximum Gasteiger partial charge on any atom is 0.448 e. The minimum Gasteiger partial charge on any atom is -0.427 e. The van der Waals surface area contributed by atoms with E-state index in [2.05, 4.69) is 0 Å². The van der Waals surface area contributed by atoms with Gasteiger partial charge in [-0.2, -0.15) is 0 Å². The van der Waals surface area contributed by atoms with Gasteiger partial charge in [0.25, 0.3) is 0 Å². The molecule has 0 aromatic rings. The van der Waals surface area contributed by atoms with Gasteiger partial charge in [-0.05, 0) is 6.82 Å². The monoisotopic (exact) mass is 93.1 g/mol. The first-order valence-electron chi connectivity index (χ1n) is 2.09. The zero-order chi connectivity index (χ0) is 5.58. The van der Waals surface area contributed by atoms with E-state index in [-0.39, 0.29) is 1.43 Å². The van der Waals surface area contributed by atoms with Crippen LogP contribution in [0.25, 0.3) is 0 Å². The molecule has 0 spiro atoms. The van der Waals surface area contributed by atoms with E-state index in [9.17, 15) is 0 Å². The van der Waals surface area contributed by atoms with Crippen molar-refractivity contribution < 1.29 is 11.5 Å². The van der Waals surface area contributed by atoms with Crippen molar-refractivity contribution in [1.82, 2.24) is 0 Å². The van der Waals surface area contributed by atoms with Crippen LogP contribution in [-0.4, -0.2) is 17.2 Å². The molecule has 40 valence electrons. The van der Waals surface area contributed by atoms with Crippen LogP contribution in [-0.2, 0) is 0 Å². The van der Waals surface area contributed by atoms with Crippen molar-refractivity contribution in [3.05, 3.63) is 0 Å². The molecule has 2 nitrogen and oxygen atoms in total. The Morgan fingerprint density at radius 3 is 1.33 bits per heavy atom. The van der Waals surface area contributed by atoms with Crippen LogP contribution in [0.15, 0.2) is 0 Å². The summed E-state index contributed by atoms with van der Waals surface area (Å²) < 4.78 is 0. The van der Waals surface area contributed by atoms with Gasteiger partial charge in [-0.25, -0.2) is 0 Å². The number of rotatable bonds is 0. The Morgan fingerprint density at radius 1 is 1.33 bits per heavy atom. The van der Waals surface area contributed by atoms with E-state index in [0.717, 1.165) is 0 Å². The normalized spacial score (nSPS) is 5.50. The summed E-state index contributed by atoms with van der Waals surface area (Å²) in [4.78, 5) is 0. The third-order valence-corrected chi connectivity index (χ3v) is 0. The molecular formula is C3H13BO2. The van der Waals surface area contributed by atoms with Gasteiger partial charge in [0.2, 0.25) is 0 Å². The molecule has 0 saturated heterocycles. The first-order chi connectivity index (χ1) is 2.73. The summed E-state index contributed by atoms with van der Waals surface area (Å²) in [5.74, 6) is 0. The molecule has 0 aliphatic carbocycles. The summed E-state index contributed by atoms with van der Waals surface area (Å²) in [5.41, 5.74) is 0. The molecule has 0 aromatic carbocycles. The van der Waals surface area contributed by atoms with Crippen molar-refractivity contribution in [2.45, 2.75) is 20.7 Å². The van der Waals surface area contributed by atoms with E-state index in [0.29, 0.717) is 0 Å². The average molecular weight is 93.0 g/mol. The molecule has 2 N–H and O–H groups in total. The molecule has 0 bridgehead atoms. The molecule has 0 saturated carbocycles. The van der Waals surface area contributed by atoms with Crippen LogP contribution >= 0.6 is 0 Å². The second-order valence-electron chi connectivity index (χ2n) is 0.632. The van der Waals surface area contributed by atoms with Crippen molar-refractivity contribution in [3.8, 4) is 0 Å². The van der Waals surface area contributed by atoms with E-state index < -0.39 is 7.12 Å². The largest absolute Gasteiger partial charge is 0.448 e. The van der Waals surface area contributed by atoms with Gasteiger partial charge >= 0.3 is 7.12 Å². The first kappa shape index (κ1) is 9.37. The summed E-state index contributed by atoms with van der Waals surface area (Å²) in [5, 5.41) is 15.2. The number of hydrogen-bond donors (Lipinski definition) is 2. The Kier molecular flexibility index (Phi) is 13.9. The minimum absolute atomic E-state index is 0. The standard InChI is InChI=1S/C2H6.CH5BO2.H2/c1-2;1-2(3)4;/h1-2H3;3-4H,1H3;1H/i;;1+1. The van der Waals surface area contributed by atoms with Crippen LogP contribution in [0.1, 0.15) is 15.3 Å². The van der Waals surface area contributed by atoms with Gasteiger partial charge in [0.05, 0.1) is 0 Å². The highest BCUT2D eigenvalue weighted by molar-refractivity contribution is 6.38. The van der Waals surface area contributed by atoms with Crippen LogP contribution < -0.4 is 0 Å².